The summed E-state index contributed by atoms with van der Waals surface area (Å²) in [6, 6.07) is 1.93. The lowest BCUT2D eigenvalue weighted by Gasteiger charge is -2.27. The molecule has 1 aromatic heterocycles. The van der Waals surface area contributed by atoms with Gasteiger partial charge < -0.3 is 14.6 Å². The molecule has 0 radical (unpaired) electrons. The van der Waals surface area contributed by atoms with E-state index in [-0.39, 0.29) is 36.9 Å². The lowest BCUT2D eigenvalue weighted by molar-refractivity contribution is -0.141. The number of methoxy groups -OCH3 is 1. The van der Waals surface area contributed by atoms with Crippen molar-refractivity contribution in [3.05, 3.63) is 29.1 Å². The SMILES string of the molecule is COCCOCc1nc(C(F)(F)F)ccc1C(=O)C1CCCCC1O. The van der Waals surface area contributed by atoms with Crippen LogP contribution in [-0.2, 0) is 22.3 Å². The van der Waals surface area contributed by atoms with Crippen molar-refractivity contribution in [3.8, 4) is 0 Å². The second-order valence-electron chi connectivity index (χ2n) is 6.06. The monoisotopic (exact) mass is 361 g/mol. The van der Waals surface area contributed by atoms with Crippen molar-refractivity contribution in [1.82, 2.24) is 4.98 Å². The van der Waals surface area contributed by atoms with Crippen molar-refractivity contribution in [2.75, 3.05) is 20.3 Å². The average Bonchev–Trinajstić information content (AvgIpc) is 2.57. The van der Waals surface area contributed by atoms with E-state index in [2.05, 4.69) is 4.98 Å². The van der Waals surface area contributed by atoms with Crippen molar-refractivity contribution in [1.29, 1.82) is 0 Å². The Kier molecular flexibility index (Phi) is 6.92. The van der Waals surface area contributed by atoms with Crippen LogP contribution in [0, 0.1) is 5.92 Å². The molecule has 0 spiro atoms. The lowest BCUT2D eigenvalue weighted by atomic mass is 9.81. The fourth-order valence-corrected chi connectivity index (χ4v) is 2.92. The van der Waals surface area contributed by atoms with Gasteiger partial charge in [0.05, 0.1) is 31.6 Å². The number of ether oxygens (including phenoxy) is 2. The molecule has 1 fully saturated rings. The Labute approximate surface area is 144 Å². The number of carbonyl (C=O) groups excluding carboxylic acids is 1. The molecule has 1 N–H and O–H groups in total. The highest BCUT2D eigenvalue weighted by molar-refractivity contribution is 5.99. The van der Waals surface area contributed by atoms with Gasteiger partial charge >= 0.3 is 6.18 Å². The van der Waals surface area contributed by atoms with Gasteiger partial charge in [-0.05, 0) is 25.0 Å². The van der Waals surface area contributed by atoms with E-state index in [0.717, 1.165) is 25.0 Å². The first-order chi connectivity index (χ1) is 11.8. The summed E-state index contributed by atoms with van der Waals surface area (Å²) in [5.41, 5.74) is -1.05. The van der Waals surface area contributed by atoms with Crippen LogP contribution in [0.15, 0.2) is 12.1 Å². The largest absolute Gasteiger partial charge is 0.433 e. The predicted octanol–water partition coefficient (Wildman–Crippen LogP) is 3.00. The van der Waals surface area contributed by atoms with E-state index in [9.17, 15) is 23.1 Å². The Balaban J connectivity index is 2.26. The Hall–Kier alpha value is -1.51. The Bertz CT molecular complexity index is 592. The number of alkyl halides is 3. The van der Waals surface area contributed by atoms with Gasteiger partial charge in [-0.15, -0.1) is 0 Å². The molecule has 8 heteroatoms. The number of pyridine rings is 1. The molecule has 140 valence electrons. The van der Waals surface area contributed by atoms with Crippen molar-refractivity contribution >= 4 is 5.78 Å². The summed E-state index contributed by atoms with van der Waals surface area (Å²) in [7, 11) is 1.48. The first-order valence-electron chi connectivity index (χ1n) is 8.20. The third-order valence-corrected chi connectivity index (χ3v) is 4.27. The van der Waals surface area contributed by atoms with E-state index in [1.807, 2.05) is 0 Å². The summed E-state index contributed by atoms with van der Waals surface area (Å²) in [6.07, 6.45) is -2.70. The Morgan fingerprint density at radius 1 is 1.28 bits per heavy atom. The molecule has 0 aromatic carbocycles. The van der Waals surface area contributed by atoms with E-state index in [1.54, 1.807) is 0 Å². The van der Waals surface area contributed by atoms with Crippen molar-refractivity contribution in [2.45, 2.75) is 44.6 Å². The van der Waals surface area contributed by atoms with Crippen LogP contribution in [-0.4, -0.2) is 42.3 Å². The molecule has 2 unspecified atom stereocenters. The topological polar surface area (TPSA) is 68.7 Å². The zero-order valence-corrected chi connectivity index (χ0v) is 14.0. The molecule has 25 heavy (non-hydrogen) atoms. The number of aliphatic hydroxyl groups excluding tert-OH is 1. The van der Waals surface area contributed by atoms with Gasteiger partial charge in [0.2, 0.25) is 0 Å². The first kappa shape index (κ1) is 19.8. The zero-order valence-electron chi connectivity index (χ0n) is 14.0. The number of hydrogen-bond donors (Lipinski definition) is 1. The Morgan fingerprint density at radius 2 is 2.00 bits per heavy atom. The molecule has 2 rings (SSSR count). The fraction of sp³-hybridized carbons (Fsp3) is 0.647. The fourth-order valence-electron chi connectivity index (χ4n) is 2.92. The molecule has 1 aromatic rings. The second kappa shape index (κ2) is 8.73. The van der Waals surface area contributed by atoms with Gasteiger partial charge in [0.1, 0.15) is 5.69 Å². The number of aliphatic hydroxyl groups is 1. The van der Waals surface area contributed by atoms with Gasteiger partial charge in [0.25, 0.3) is 0 Å². The van der Waals surface area contributed by atoms with Crippen molar-refractivity contribution in [3.63, 3.8) is 0 Å². The quantitative estimate of drug-likeness (QED) is 0.597. The third-order valence-electron chi connectivity index (χ3n) is 4.27. The van der Waals surface area contributed by atoms with Crippen molar-refractivity contribution < 1.29 is 32.5 Å². The van der Waals surface area contributed by atoms with E-state index in [1.165, 1.54) is 7.11 Å². The number of ketones is 1. The zero-order chi connectivity index (χ0) is 18.4. The van der Waals surface area contributed by atoms with Crippen molar-refractivity contribution in [2.24, 2.45) is 5.92 Å². The Morgan fingerprint density at radius 3 is 2.64 bits per heavy atom. The average molecular weight is 361 g/mol. The summed E-state index contributed by atoms with van der Waals surface area (Å²) < 4.78 is 48.8. The van der Waals surface area contributed by atoms with Crippen LogP contribution in [0.25, 0.3) is 0 Å². The number of carbonyl (C=O) groups is 1. The predicted molar refractivity (Wildman–Crippen MR) is 83.1 cm³/mol. The summed E-state index contributed by atoms with van der Waals surface area (Å²) in [5, 5.41) is 10.1. The van der Waals surface area contributed by atoms with Crippen LogP contribution in [0.5, 0.6) is 0 Å². The van der Waals surface area contributed by atoms with Crippen LogP contribution in [0.3, 0.4) is 0 Å². The van der Waals surface area contributed by atoms with E-state index >= 15 is 0 Å². The highest BCUT2D eigenvalue weighted by Crippen LogP contribution is 2.31. The van der Waals surface area contributed by atoms with Crippen LogP contribution in [0.1, 0.15) is 47.4 Å². The number of aromatic nitrogens is 1. The molecule has 1 heterocycles. The summed E-state index contributed by atoms with van der Waals surface area (Å²) in [4.78, 5) is 16.3. The lowest BCUT2D eigenvalue weighted by Crippen LogP contribution is -2.32. The van der Waals surface area contributed by atoms with Crippen LogP contribution in [0.4, 0.5) is 13.2 Å². The van der Waals surface area contributed by atoms with Gasteiger partial charge in [-0.2, -0.15) is 13.2 Å². The molecule has 1 aliphatic carbocycles. The highest BCUT2D eigenvalue weighted by Gasteiger charge is 2.35. The van der Waals surface area contributed by atoms with Gasteiger partial charge in [-0.3, -0.25) is 4.79 Å². The molecule has 5 nitrogen and oxygen atoms in total. The van der Waals surface area contributed by atoms with Gasteiger partial charge in [-0.25, -0.2) is 4.98 Å². The van der Waals surface area contributed by atoms with Gasteiger partial charge in [-0.1, -0.05) is 12.8 Å². The molecular formula is C17H22F3NO4. The molecule has 0 amide bonds. The summed E-state index contributed by atoms with van der Waals surface area (Å²) >= 11 is 0. The summed E-state index contributed by atoms with van der Waals surface area (Å²) in [5.74, 6) is -0.983. The molecular weight excluding hydrogens is 339 g/mol. The first-order valence-corrected chi connectivity index (χ1v) is 8.20. The standard InChI is InChI=1S/C17H22F3NO4/c1-24-8-9-25-10-13-11(6-7-15(21-13)17(18,19)20)16(23)12-4-2-3-5-14(12)22/h6-7,12,14,22H,2-5,8-10H2,1H3. The molecule has 0 aliphatic heterocycles. The maximum absolute atomic E-state index is 12.9. The molecule has 1 saturated carbocycles. The molecule has 0 bridgehead atoms. The smallest absolute Gasteiger partial charge is 0.392 e. The number of hydrogen-bond acceptors (Lipinski definition) is 5. The summed E-state index contributed by atoms with van der Waals surface area (Å²) in [6.45, 7) is 0.231. The van der Waals surface area contributed by atoms with Crippen LogP contribution < -0.4 is 0 Å². The van der Waals surface area contributed by atoms with Gasteiger partial charge in [0.15, 0.2) is 5.78 Å². The number of nitrogens with zero attached hydrogens (tertiary/aromatic N) is 1. The third kappa shape index (κ3) is 5.23. The van der Waals surface area contributed by atoms with E-state index in [0.29, 0.717) is 12.8 Å². The van der Waals surface area contributed by atoms with E-state index in [4.69, 9.17) is 9.47 Å². The maximum atomic E-state index is 12.9. The minimum Gasteiger partial charge on any atom is -0.392 e. The minimum absolute atomic E-state index is 0.0614. The molecule has 1 aliphatic rings. The number of rotatable bonds is 7. The highest BCUT2D eigenvalue weighted by atomic mass is 19.4. The second-order valence-corrected chi connectivity index (χ2v) is 6.06. The number of Topliss-reactive ketones (excluding diaryl/α,β-unsaturated/α-hetero) is 1. The molecule has 2 atom stereocenters. The normalized spacial score (nSPS) is 21.3. The minimum atomic E-state index is -4.60. The van der Waals surface area contributed by atoms with E-state index < -0.39 is 23.9 Å². The van der Waals surface area contributed by atoms with Crippen LogP contribution >= 0.6 is 0 Å². The van der Waals surface area contributed by atoms with Crippen LogP contribution in [0.2, 0.25) is 0 Å². The molecule has 0 saturated heterocycles. The van der Waals surface area contributed by atoms with Gasteiger partial charge in [0, 0.05) is 18.6 Å². The number of halogens is 3. The maximum Gasteiger partial charge on any atom is 0.433 e.